The van der Waals surface area contributed by atoms with Crippen molar-refractivity contribution < 1.29 is 9.72 Å². The molecular formula is C14H14BrN3O3. The maximum absolute atomic E-state index is 12.3. The quantitative estimate of drug-likeness (QED) is 0.673. The number of hydrogen-bond donors (Lipinski definition) is 1. The minimum atomic E-state index is -0.508. The van der Waals surface area contributed by atoms with Gasteiger partial charge in [0.05, 0.1) is 11.1 Å². The van der Waals surface area contributed by atoms with Crippen LogP contribution in [0.2, 0.25) is 0 Å². The first-order chi connectivity index (χ1) is 9.90. The van der Waals surface area contributed by atoms with Crippen LogP contribution in [-0.4, -0.2) is 15.4 Å². The van der Waals surface area contributed by atoms with Crippen LogP contribution in [0.5, 0.6) is 0 Å². The summed E-state index contributed by atoms with van der Waals surface area (Å²) in [6, 6.07) is 6.81. The first kappa shape index (κ1) is 15.2. The van der Waals surface area contributed by atoms with Gasteiger partial charge in [0, 0.05) is 22.8 Å². The van der Waals surface area contributed by atoms with Gasteiger partial charge in [-0.2, -0.15) is 0 Å². The average Bonchev–Trinajstić information content (AvgIpc) is 2.81. The van der Waals surface area contributed by atoms with Crippen LogP contribution in [0.4, 0.5) is 11.4 Å². The van der Waals surface area contributed by atoms with Gasteiger partial charge in [-0.1, -0.05) is 15.9 Å². The number of benzene rings is 1. The first-order valence-corrected chi connectivity index (χ1v) is 7.13. The zero-order valence-electron chi connectivity index (χ0n) is 11.6. The van der Waals surface area contributed by atoms with E-state index in [1.165, 1.54) is 12.3 Å². The van der Waals surface area contributed by atoms with E-state index in [2.05, 4.69) is 21.2 Å². The van der Waals surface area contributed by atoms with E-state index in [-0.39, 0.29) is 17.3 Å². The lowest BCUT2D eigenvalue weighted by Gasteiger charge is -2.08. The summed E-state index contributed by atoms with van der Waals surface area (Å²) < 4.78 is 2.41. The van der Waals surface area contributed by atoms with E-state index < -0.39 is 4.92 Å². The number of nitrogens with zero attached hydrogens (tertiary/aromatic N) is 2. The highest BCUT2D eigenvalue weighted by Gasteiger charge is 2.18. The molecule has 110 valence electrons. The minimum Gasteiger partial charge on any atom is -0.337 e. The van der Waals surface area contributed by atoms with Gasteiger partial charge < -0.3 is 9.88 Å². The number of nitrogens with one attached hydrogen (secondary N) is 1. The maximum atomic E-state index is 12.3. The van der Waals surface area contributed by atoms with Crippen LogP contribution < -0.4 is 5.32 Å². The summed E-state index contributed by atoms with van der Waals surface area (Å²) in [5, 5.41) is 13.6. The van der Waals surface area contributed by atoms with Crippen molar-refractivity contribution in [3.63, 3.8) is 0 Å². The van der Waals surface area contributed by atoms with Crippen molar-refractivity contribution >= 4 is 33.2 Å². The van der Waals surface area contributed by atoms with Gasteiger partial charge in [-0.3, -0.25) is 14.9 Å². The van der Waals surface area contributed by atoms with Gasteiger partial charge in [-0.05, 0) is 37.6 Å². The normalized spacial score (nSPS) is 10.4. The van der Waals surface area contributed by atoms with Gasteiger partial charge in [-0.15, -0.1) is 0 Å². The summed E-state index contributed by atoms with van der Waals surface area (Å²) in [5.41, 5.74) is 1.81. The number of aryl methyl sites for hydroxylation is 2. The Bertz CT molecular complexity index is 689. The molecule has 0 bridgehead atoms. The van der Waals surface area contributed by atoms with Crippen LogP contribution in [-0.2, 0) is 6.54 Å². The lowest BCUT2D eigenvalue weighted by atomic mass is 10.2. The summed E-state index contributed by atoms with van der Waals surface area (Å²) in [7, 11) is 0. The number of nitro groups is 1. The summed E-state index contributed by atoms with van der Waals surface area (Å²) in [5.74, 6) is -0.373. The number of amides is 1. The fourth-order valence-corrected chi connectivity index (χ4v) is 2.66. The highest BCUT2D eigenvalue weighted by atomic mass is 79.9. The van der Waals surface area contributed by atoms with E-state index >= 15 is 0 Å². The molecule has 0 aliphatic heterocycles. The molecule has 1 aromatic heterocycles. The third-order valence-corrected chi connectivity index (χ3v) is 3.42. The van der Waals surface area contributed by atoms with E-state index in [9.17, 15) is 14.9 Å². The van der Waals surface area contributed by atoms with Crippen LogP contribution in [0.15, 0.2) is 34.9 Å². The van der Waals surface area contributed by atoms with Gasteiger partial charge in [0.25, 0.3) is 11.6 Å². The standard InChI is InChI=1S/C14H14BrN3O3/c1-3-17-8-12(18(20)21)7-13(17)14(19)16-11-5-9(2)4-10(15)6-11/h4-8H,3H2,1-2H3,(H,16,19). The summed E-state index contributed by atoms with van der Waals surface area (Å²) in [6.45, 7) is 4.22. The van der Waals surface area contributed by atoms with E-state index in [1.54, 1.807) is 10.6 Å². The second-order valence-electron chi connectivity index (χ2n) is 4.60. The summed E-state index contributed by atoms with van der Waals surface area (Å²) >= 11 is 3.36. The fraction of sp³-hybridized carbons (Fsp3) is 0.214. The van der Waals surface area contributed by atoms with Gasteiger partial charge in [0.1, 0.15) is 5.69 Å². The topological polar surface area (TPSA) is 77.2 Å². The van der Waals surface area contributed by atoms with Crippen molar-refractivity contribution in [2.24, 2.45) is 0 Å². The molecule has 1 amide bonds. The number of carbonyl (C=O) groups is 1. The zero-order valence-corrected chi connectivity index (χ0v) is 13.2. The van der Waals surface area contributed by atoms with E-state index in [4.69, 9.17) is 0 Å². The van der Waals surface area contributed by atoms with Gasteiger partial charge >= 0.3 is 0 Å². The predicted molar refractivity (Wildman–Crippen MR) is 83.6 cm³/mol. The second kappa shape index (κ2) is 6.09. The Hall–Kier alpha value is -2.15. The van der Waals surface area contributed by atoms with Gasteiger partial charge in [0.15, 0.2) is 0 Å². The molecule has 2 aromatic rings. The monoisotopic (exact) mass is 351 g/mol. The number of hydrogen-bond acceptors (Lipinski definition) is 3. The number of anilines is 1. The molecule has 0 fully saturated rings. The fourth-order valence-electron chi connectivity index (χ4n) is 2.05. The molecule has 1 heterocycles. The maximum Gasteiger partial charge on any atom is 0.287 e. The van der Waals surface area contributed by atoms with Crippen molar-refractivity contribution in [3.8, 4) is 0 Å². The Morgan fingerprint density at radius 2 is 2.10 bits per heavy atom. The average molecular weight is 352 g/mol. The number of halogens is 1. The summed E-state index contributed by atoms with van der Waals surface area (Å²) in [6.07, 6.45) is 1.36. The Kier molecular flexibility index (Phi) is 4.42. The molecule has 7 heteroatoms. The first-order valence-electron chi connectivity index (χ1n) is 6.34. The molecule has 2 rings (SSSR count). The molecule has 1 aromatic carbocycles. The second-order valence-corrected chi connectivity index (χ2v) is 5.51. The molecule has 21 heavy (non-hydrogen) atoms. The number of carbonyl (C=O) groups excluding carboxylic acids is 1. The molecule has 0 atom stereocenters. The Morgan fingerprint density at radius 1 is 1.38 bits per heavy atom. The molecule has 0 aliphatic rings. The molecule has 6 nitrogen and oxygen atoms in total. The zero-order chi connectivity index (χ0) is 15.6. The molecule has 0 radical (unpaired) electrons. The predicted octanol–water partition coefficient (Wildman–Crippen LogP) is 3.74. The number of aromatic nitrogens is 1. The van der Waals surface area contributed by atoms with Crippen LogP contribution in [0.3, 0.4) is 0 Å². The number of rotatable bonds is 4. The van der Waals surface area contributed by atoms with Crippen molar-refractivity contribution in [1.82, 2.24) is 4.57 Å². The Morgan fingerprint density at radius 3 is 2.67 bits per heavy atom. The molecule has 0 unspecified atom stereocenters. The van der Waals surface area contributed by atoms with Crippen molar-refractivity contribution in [2.45, 2.75) is 20.4 Å². The largest absolute Gasteiger partial charge is 0.337 e. The van der Waals surface area contributed by atoms with E-state index in [1.807, 2.05) is 26.0 Å². The van der Waals surface area contributed by atoms with Crippen molar-refractivity contribution in [3.05, 3.63) is 56.3 Å². The van der Waals surface area contributed by atoms with Crippen LogP contribution in [0.1, 0.15) is 23.0 Å². The Labute approximate surface area is 130 Å². The molecule has 0 aliphatic carbocycles. The molecular weight excluding hydrogens is 338 g/mol. The van der Waals surface area contributed by atoms with Crippen LogP contribution >= 0.6 is 15.9 Å². The highest BCUT2D eigenvalue weighted by molar-refractivity contribution is 9.10. The molecule has 0 saturated heterocycles. The Balaban J connectivity index is 2.29. The smallest absolute Gasteiger partial charge is 0.287 e. The SMILES string of the molecule is CCn1cc([N+](=O)[O-])cc1C(=O)Nc1cc(C)cc(Br)c1. The van der Waals surface area contributed by atoms with Crippen LogP contribution in [0, 0.1) is 17.0 Å². The van der Waals surface area contributed by atoms with E-state index in [0.717, 1.165) is 10.0 Å². The molecule has 0 saturated carbocycles. The lowest BCUT2D eigenvalue weighted by molar-refractivity contribution is -0.384. The van der Waals surface area contributed by atoms with Gasteiger partial charge in [0.2, 0.25) is 0 Å². The highest BCUT2D eigenvalue weighted by Crippen LogP contribution is 2.21. The minimum absolute atomic E-state index is 0.0903. The van der Waals surface area contributed by atoms with Gasteiger partial charge in [-0.25, -0.2) is 0 Å². The van der Waals surface area contributed by atoms with Crippen molar-refractivity contribution in [2.75, 3.05) is 5.32 Å². The third kappa shape index (κ3) is 3.49. The molecule has 1 N–H and O–H groups in total. The van der Waals surface area contributed by atoms with Crippen LogP contribution in [0.25, 0.3) is 0 Å². The third-order valence-electron chi connectivity index (χ3n) is 2.97. The van der Waals surface area contributed by atoms with E-state index in [0.29, 0.717) is 12.2 Å². The lowest BCUT2D eigenvalue weighted by Crippen LogP contribution is -2.16. The summed E-state index contributed by atoms with van der Waals surface area (Å²) in [4.78, 5) is 22.6. The van der Waals surface area contributed by atoms with Crippen molar-refractivity contribution in [1.29, 1.82) is 0 Å². The molecule has 0 spiro atoms.